The summed E-state index contributed by atoms with van der Waals surface area (Å²) < 4.78 is 22.4. The van der Waals surface area contributed by atoms with E-state index in [-0.39, 0.29) is 17.7 Å². The molecule has 1 unspecified atom stereocenters. The molecule has 1 aliphatic heterocycles. The van der Waals surface area contributed by atoms with Crippen molar-refractivity contribution < 1.29 is 38.1 Å². The van der Waals surface area contributed by atoms with Crippen LogP contribution in [-0.4, -0.2) is 53.4 Å². The van der Waals surface area contributed by atoms with E-state index in [0.717, 1.165) is 11.8 Å². The Morgan fingerprint density at radius 1 is 0.622 bits per heavy atom. The number of carbonyl (C=O) groups is 4. The van der Waals surface area contributed by atoms with Crippen LogP contribution >= 0.6 is 11.8 Å². The summed E-state index contributed by atoms with van der Waals surface area (Å²) in [6.07, 6.45) is -2.21. The maximum absolute atomic E-state index is 12.9. The lowest BCUT2D eigenvalue weighted by molar-refractivity contribution is -0.148. The molecule has 190 valence electrons. The van der Waals surface area contributed by atoms with Crippen LogP contribution in [0.2, 0.25) is 0 Å². The number of hydrogen-bond acceptors (Lipinski definition) is 9. The molecule has 0 radical (unpaired) electrons. The van der Waals surface area contributed by atoms with Gasteiger partial charge in [-0.1, -0.05) is 54.6 Å². The summed E-state index contributed by atoms with van der Waals surface area (Å²) in [7, 11) is 0. The molecule has 3 aromatic rings. The van der Waals surface area contributed by atoms with Crippen LogP contribution < -0.4 is 0 Å². The second-order valence-electron chi connectivity index (χ2n) is 8.09. The highest BCUT2D eigenvalue weighted by Gasteiger charge is 2.51. The van der Waals surface area contributed by atoms with Crippen LogP contribution in [-0.2, 0) is 23.7 Å². The average Bonchev–Trinajstić information content (AvgIpc) is 3.23. The number of rotatable bonds is 8. The monoisotopic (exact) mass is 520 g/mol. The molecule has 1 saturated heterocycles. The fourth-order valence-electron chi connectivity index (χ4n) is 3.70. The third-order valence-corrected chi connectivity index (χ3v) is 6.83. The maximum atomic E-state index is 12.9. The van der Waals surface area contributed by atoms with Gasteiger partial charge in [0.25, 0.3) is 0 Å². The van der Waals surface area contributed by atoms with Gasteiger partial charge in [-0.2, -0.15) is 0 Å². The van der Waals surface area contributed by atoms with E-state index < -0.39 is 46.8 Å². The Hall–Kier alpha value is -4.11. The fourth-order valence-corrected chi connectivity index (χ4v) is 5.11. The normalized spacial score (nSPS) is 20.5. The van der Waals surface area contributed by atoms with E-state index in [2.05, 4.69) is 0 Å². The lowest BCUT2D eigenvalue weighted by atomic mass is 10.1. The highest BCUT2D eigenvalue weighted by atomic mass is 32.2. The van der Waals surface area contributed by atoms with Crippen molar-refractivity contribution in [2.45, 2.75) is 29.8 Å². The molecule has 0 saturated carbocycles. The minimum Gasteiger partial charge on any atom is -0.461 e. The number of ether oxygens (including phenoxy) is 4. The first-order chi connectivity index (χ1) is 17.9. The molecule has 0 amide bonds. The summed E-state index contributed by atoms with van der Waals surface area (Å²) in [5, 5.41) is -0.682. The molecular formula is C28H24O8S. The van der Waals surface area contributed by atoms with Gasteiger partial charge < -0.3 is 18.9 Å². The smallest absolute Gasteiger partial charge is 0.338 e. The first-order valence-electron chi connectivity index (χ1n) is 11.5. The molecule has 0 N–H and O–H groups in total. The predicted octanol–water partition coefficient (Wildman–Crippen LogP) is 4.30. The molecule has 0 spiro atoms. The predicted molar refractivity (Wildman–Crippen MR) is 135 cm³/mol. The fraction of sp³-hybridized carbons (Fsp3) is 0.214. The quantitative estimate of drug-likeness (QED) is 0.317. The van der Waals surface area contributed by atoms with Gasteiger partial charge in [0.2, 0.25) is 0 Å². The summed E-state index contributed by atoms with van der Waals surface area (Å²) in [5.41, 5.74) is -0.0659. The minimum absolute atomic E-state index is 0.178. The molecule has 1 aliphatic rings. The van der Waals surface area contributed by atoms with Gasteiger partial charge in [0, 0.05) is 6.92 Å². The second-order valence-corrected chi connectivity index (χ2v) is 9.43. The van der Waals surface area contributed by atoms with Crippen molar-refractivity contribution in [3.05, 3.63) is 108 Å². The zero-order valence-corrected chi connectivity index (χ0v) is 20.7. The molecule has 0 aliphatic carbocycles. The van der Waals surface area contributed by atoms with E-state index >= 15 is 0 Å². The summed E-state index contributed by atoms with van der Waals surface area (Å²) in [5.74, 6) is -2.50. The van der Waals surface area contributed by atoms with Gasteiger partial charge in [-0.3, -0.25) is 4.79 Å². The van der Waals surface area contributed by atoms with Gasteiger partial charge in [-0.05, 0) is 36.4 Å². The summed E-state index contributed by atoms with van der Waals surface area (Å²) in [6, 6.07) is 25.0. The second kappa shape index (κ2) is 12.2. The molecule has 4 rings (SSSR count). The van der Waals surface area contributed by atoms with Crippen LogP contribution in [0.1, 0.15) is 38.0 Å². The molecule has 0 aromatic heterocycles. The largest absolute Gasteiger partial charge is 0.461 e. The van der Waals surface area contributed by atoms with Gasteiger partial charge in [-0.15, -0.1) is 11.8 Å². The molecule has 4 atom stereocenters. The molecule has 9 heteroatoms. The maximum Gasteiger partial charge on any atom is 0.338 e. The van der Waals surface area contributed by atoms with Gasteiger partial charge in [0.15, 0.2) is 17.6 Å². The van der Waals surface area contributed by atoms with Gasteiger partial charge in [-0.25, -0.2) is 14.4 Å². The van der Waals surface area contributed by atoms with Crippen molar-refractivity contribution >= 4 is 35.6 Å². The number of carbonyl (C=O) groups excluding carboxylic acids is 4. The van der Waals surface area contributed by atoms with Crippen molar-refractivity contribution in [1.82, 2.24) is 0 Å². The Balaban J connectivity index is 1.58. The molecule has 0 bridgehead atoms. The topological polar surface area (TPSA) is 105 Å². The standard InChI is InChI=1S/C28H24O8S/c1-18(29)34-28-24(36-27(32)21-15-9-4-10-16-21)23(35-26(31)20-13-7-3-8-14-20)22(37-28)17-33-25(30)19-11-5-2-6-12-19/h2-16,22-24,28H,17H2,1H3/t22-,23+,24+,28?/m1/s1. The van der Waals surface area contributed by atoms with E-state index in [4.69, 9.17) is 18.9 Å². The lowest BCUT2D eigenvalue weighted by Crippen LogP contribution is -2.42. The lowest BCUT2D eigenvalue weighted by Gasteiger charge is -2.25. The summed E-state index contributed by atoms with van der Waals surface area (Å²) >= 11 is 1.09. The van der Waals surface area contributed by atoms with Crippen molar-refractivity contribution in [1.29, 1.82) is 0 Å². The molecule has 1 fully saturated rings. The number of thioether (sulfide) groups is 1. The molecule has 37 heavy (non-hydrogen) atoms. The van der Waals surface area contributed by atoms with E-state index in [0.29, 0.717) is 5.56 Å². The van der Waals surface area contributed by atoms with Crippen molar-refractivity contribution in [2.24, 2.45) is 0 Å². The Labute approximate surface area is 217 Å². The minimum atomic E-state index is -1.14. The molecule has 1 heterocycles. The SMILES string of the molecule is CC(=O)OC1S[C@H](COC(=O)c2ccccc2)[C@H](OC(=O)c2ccccc2)[C@@H]1OC(=O)c1ccccc1. The van der Waals surface area contributed by atoms with Gasteiger partial charge in [0.05, 0.1) is 21.9 Å². The first kappa shape index (κ1) is 26.0. The third-order valence-electron chi connectivity index (χ3n) is 5.44. The number of hydrogen-bond donors (Lipinski definition) is 0. The average molecular weight is 521 g/mol. The Morgan fingerprint density at radius 3 is 1.51 bits per heavy atom. The third kappa shape index (κ3) is 6.77. The van der Waals surface area contributed by atoms with E-state index in [1.807, 2.05) is 0 Å². The highest BCUT2D eigenvalue weighted by Crippen LogP contribution is 2.40. The zero-order chi connectivity index (χ0) is 26.2. The summed E-state index contributed by atoms with van der Waals surface area (Å²) in [4.78, 5) is 50.2. The van der Waals surface area contributed by atoms with Crippen molar-refractivity contribution in [2.75, 3.05) is 6.61 Å². The molecule has 8 nitrogen and oxygen atoms in total. The van der Waals surface area contributed by atoms with Crippen LogP contribution in [0.15, 0.2) is 91.0 Å². The van der Waals surface area contributed by atoms with Crippen LogP contribution in [0.25, 0.3) is 0 Å². The zero-order valence-electron chi connectivity index (χ0n) is 19.9. The number of benzene rings is 3. The molecular weight excluding hydrogens is 496 g/mol. The Bertz CT molecular complexity index is 1230. The van der Waals surface area contributed by atoms with Gasteiger partial charge in [0.1, 0.15) is 6.61 Å². The van der Waals surface area contributed by atoms with E-state index in [1.165, 1.54) is 6.92 Å². The summed E-state index contributed by atoms with van der Waals surface area (Å²) in [6.45, 7) is 1.05. The van der Waals surface area contributed by atoms with Crippen LogP contribution in [0.5, 0.6) is 0 Å². The molecule has 3 aromatic carbocycles. The Morgan fingerprint density at radius 2 is 1.05 bits per heavy atom. The van der Waals surface area contributed by atoms with Crippen LogP contribution in [0.4, 0.5) is 0 Å². The van der Waals surface area contributed by atoms with Crippen molar-refractivity contribution in [3.63, 3.8) is 0 Å². The van der Waals surface area contributed by atoms with Crippen molar-refractivity contribution in [3.8, 4) is 0 Å². The van der Waals surface area contributed by atoms with Gasteiger partial charge >= 0.3 is 23.9 Å². The van der Waals surface area contributed by atoms with E-state index in [9.17, 15) is 19.2 Å². The van der Waals surface area contributed by atoms with E-state index in [1.54, 1.807) is 91.0 Å². The van der Waals surface area contributed by atoms with Crippen LogP contribution in [0, 0.1) is 0 Å². The Kier molecular flexibility index (Phi) is 8.58. The van der Waals surface area contributed by atoms with Crippen LogP contribution in [0.3, 0.4) is 0 Å². The first-order valence-corrected chi connectivity index (χ1v) is 12.4. The highest BCUT2D eigenvalue weighted by molar-refractivity contribution is 8.00. The number of esters is 4.